The topological polar surface area (TPSA) is 41.6 Å². The van der Waals surface area contributed by atoms with E-state index in [0.29, 0.717) is 18.4 Å². The number of nitrogens with one attached hydrogen (secondary N) is 1. The average molecular weight is 327 g/mol. The van der Waals surface area contributed by atoms with Crippen LogP contribution in [0, 0.1) is 0 Å². The second-order valence-electron chi connectivity index (χ2n) is 5.61. The van der Waals surface area contributed by atoms with Gasteiger partial charge in [0, 0.05) is 19.0 Å². The number of methoxy groups -OCH3 is 1. The number of para-hydroxylation sites is 1. The molecule has 1 atom stereocenters. The number of benzene rings is 1. The molecule has 0 radical (unpaired) electrons. The molecule has 1 amide bonds. The van der Waals surface area contributed by atoms with Gasteiger partial charge in [0.15, 0.2) is 0 Å². The van der Waals surface area contributed by atoms with E-state index in [2.05, 4.69) is 16.3 Å². The number of halogens is 1. The van der Waals surface area contributed by atoms with Crippen molar-refractivity contribution in [2.24, 2.45) is 0 Å². The Kier molecular flexibility index (Phi) is 8.28. The normalized spacial score (nSPS) is 17.2. The lowest BCUT2D eigenvalue weighted by Gasteiger charge is -2.25. The molecule has 1 saturated heterocycles. The van der Waals surface area contributed by atoms with Gasteiger partial charge in [-0.05, 0) is 50.9 Å². The fourth-order valence-electron chi connectivity index (χ4n) is 3.06. The number of rotatable bonds is 7. The number of likely N-dealkylation sites (tertiary alicyclic amines) is 1. The number of amides is 1. The Bertz CT molecular complexity index is 468. The maximum Gasteiger partial charge on any atom is 0.222 e. The lowest BCUT2D eigenvalue weighted by molar-refractivity contribution is -0.132. The molecule has 0 bridgehead atoms. The highest BCUT2D eigenvalue weighted by Gasteiger charge is 2.28. The summed E-state index contributed by atoms with van der Waals surface area (Å²) in [7, 11) is 3.62. The molecule has 4 nitrogen and oxygen atoms in total. The molecule has 22 heavy (non-hydrogen) atoms. The van der Waals surface area contributed by atoms with Crippen molar-refractivity contribution in [3.05, 3.63) is 29.8 Å². The van der Waals surface area contributed by atoms with Gasteiger partial charge in [-0.2, -0.15) is 0 Å². The van der Waals surface area contributed by atoms with Gasteiger partial charge < -0.3 is 15.0 Å². The summed E-state index contributed by atoms with van der Waals surface area (Å²) >= 11 is 0. The number of ether oxygens (including phenoxy) is 1. The average Bonchev–Trinajstić information content (AvgIpc) is 2.96. The molecule has 124 valence electrons. The quantitative estimate of drug-likeness (QED) is 0.783. The molecule has 1 aromatic rings. The zero-order valence-corrected chi connectivity index (χ0v) is 14.3. The van der Waals surface area contributed by atoms with E-state index in [1.165, 1.54) is 5.56 Å². The van der Waals surface area contributed by atoms with Crippen molar-refractivity contribution < 1.29 is 9.53 Å². The van der Waals surface area contributed by atoms with Crippen LogP contribution in [0.1, 0.15) is 31.2 Å². The van der Waals surface area contributed by atoms with Crippen LogP contribution in [0.2, 0.25) is 0 Å². The molecule has 1 N–H and O–H groups in total. The van der Waals surface area contributed by atoms with Crippen LogP contribution in [0.5, 0.6) is 5.75 Å². The van der Waals surface area contributed by atoms with E-state index in [1.54, 1.807) is 7.11 Å². The van der Waals surface area contributed by atoms with Gasteiger partial charge in [-0.25, -0.2) is 0 Å². The molecule has 1 aromatic carbocycles. The first kappa shape index (κ1) is 18.8. The van der Waals surface area contributed by atoms with Crippen LogP contribution < -0.4 is 10.1 Å². The minimum Gasteiger partial charge on any atom is -0.496 e. The summed E-state index contributed by atoms with van der Waals surface area (Å²) in [5.41, 5.74) is 1.19. The van der Waals surface area contributed by atoms with Crippen LogP contribution in [0.25, 0.3) is 0 Å². The molecule has 0 spiro atoms. The van der Waals surface area contributed by atoms with Gasteiger partial charge in [0.2, 0.25) is 5.91 Å². The first-order chi connectivity index (χ1) is 10.3. The van der Waals surface area contributed by atoms with Crippen molar-refractivity contribution in [3.8, 4) is 5.75 Å². The monoisotopic (exact) mass is 326 g/mol. The van der Waals surface area contributed by atoms with Gasteiger partial charge in [0.25, 0.3) is 0 Å². The van der Waals surface area contributed by atoms with Crippen molar-refractivity contribution in [1.29, 1.82) is 0 Å². The maximum atomic E-state index is 12.3. The van der Waals surface area contributed by atoms with E-state index in [4.69, 9.17) is 4.74 Å². The van der Waals surface area contributed by atoms with Crippen LogP contribution in [0.4, 0.5) is 0 Å². The molecule has 1 aliphatic heterocycles. The van der Waals surface area contributed by atoms with Crippen molar-refractivity contribution in [3.63, 3.8) is 0 Å². The van der Waals surface area contributed by atoms with Crippen LogP contribution in [0.15, 0.2) is 24.3 Å². The molecule has 0 aromatic heterocycles. The molecular formula is C17H27ClN2O2. The molecule has 0 saturated carbocycles. The maximum absolute atomic E-state index is 12.3. The Hall–Kier alpha value is -1.26. The molecule has 1 heterocycles. The van der Waals surface area contributed by atoms with Crippen molar-refractivity contribution >= 4 is 18.3 Å². The zero-order valence-electron chi connectivity index (χ0n) is 13.5. The van der Waals surface area contributed by atoms with Gasteiger partial charge in [-0.15, -0.1) is 12.4 Å². The van der Waals surface area contributed by atoms with Crippen molar-refractivity contribution in [1.82, 2.24) is 10.2 Å². The Morgan fingerprint density at radius 2 is 2.18 bits per heavy atom. The molecule has 0 aliphatic carbocycles. The van der Waals surface area contributed by atoms with E-state index >= 15 is 0 Å². The van der Waals surface area contributed by atoms with E-state index in [9.17, 15) is 4.79 Å². The third-order valence-electron chi connectivity index (χ3n) is 4.16. The van der Waals surface area contributed by atoms with Crippen molar-refractivity contribution in [2.45, 2.75) is 38.1 Å². The third kappa shape index (κ3) is 4.89. The van der Waals surface area contributed by atoms with Crippen LogP contribution in [-0.2, 0) is 11.2 Å². The van der Waals surface area contributed by atoms with E-state index < -0.39 is 0 Å². The van der Waals surface area contributed by atoms with Gasteiger partial charge >= 0.3 is 0 Å². The Morgan fingerprint density at radius 3 is 2.91 bits per heavy atom. The van der Waals surface area contributed by atoms with Crippen LogP contribution >= 0.6 is 12.4 Å². The van der Waals surface area contributed by atoms with Gasteiger partial charge in [0.05, 0.1) is 7.11 Å². The lowest BCUT2D eigenvalue weighted by atomic mass is 10.0. The first-order valence-electron chi connectivity index (χ1n) is 7.82. The summed E-state index contributed by atoms with van der Waals surface area (Å²) in [6.45, 7) is 1.80. The summed E-state index contributed by atoms with van der Waals surface area (Å²) < 4.78 is 5.42. The highest BCUT2D eigenvalue weighted by atomic mass is 35.5. The second-order valence-corrected chi connectivity index (χ2v) is 5.61. The molecule has 2 rings (SSSR count). The van der Waals surface area contributed by atoms with Crippen molar-refractivity contribution in [2.75, 3.05) is 27.2 Å². The van der Waals surface area contributed by atoms with E-state index in [-0.39, 0.29) is 12.4 Å². The fourth-order valence-corrected chi connectivity index (χ4v) is 3.06. The predicted octanol–water partition coefficient (Wildman–Crippen LogP) is 2.65. The SMILES string of the molecule is CNCCCC(=O)N1CCCC1Cc1ccccc1OC.Cl. The number of carbonyl (C=O) groups is 1. The highest BCUT2D eigenvalue weighted by Crippen LogP contribution is 2.26. The summed E-state index contributed by atoms with van der Waals surface area (Å²) in [4.78, 5) is 14.4. The Morgan fingerprint density at radius 1 is 1.41 bits per heavy atom. The fraction of sp³-hybridized carbons (Fsp3) is 0.588. The second kappa shape index (κ2) is 9.70. The summed E-state index contributed by atoms with van der Waals surface area (Å²) in [6.07, 6.45) is 4.64. The summed E-state index contributed by atoms with van der Waals surface area (Å²) in [5.74, 6) is 1.22. The van der Waals surface area contributed by atoms with Crippen LogP contribution in [-0.4, -0.2) is 44.1 Å². The van der Waals surface area contributed by atoms with Crippen LogP contribution in [0.3, 0.4) is 0 Å². The summed E-state index contributed by atoms with van der Waals surface area (Å²) in [6, 6.07) is 8.43. The molecule has 1 fully saturated rings. The number of hydrogen-bond donors (Lipinski definition) is 1. The molecule has 1 aliphatic rings. The lowest BCUT2D eigenvalue weighted by Crippen LogP contribution is -2.37. The zero-order chi connectivity index (χ0) is 15.1. The summed E-state index contributed by atoms with van der Waals surface area (Å²) in [5, 5.41) is 3.09. The number of carbonyl (C=O) groups excluding carboxylic acids is 1. The highest BCUT2D eigenvalue weighted by molar-refractivity contribution is 5.85. The minimum atomic E-state index is 0. The predicted molar refractivity (Wildman–Crippen MR) is 91.8 cm³/mol. The van der Waals surface area contributed by atoms with E-state index in [0.717, 1.165) is 44.5 Å². The smallest absolute Gasteiger partial charge is 0.222 e. The largest absolute Gasteiger partial charge is 0.496 e. The Balaban J connectivity index is 0.00000242. The Labute approximate surface area is 139 Å². The third-order valence-corrected chi connectivity index (χ3v) is 4.16. The molecular weight excluding hydrogens is 300 g/mol. The first-order valence-corrected chi connectivity index (χ1v) is 7.82. The minimum absolute atomic E-state index is 0. The number of hydrogen-bond acceptors (Lipinski definition) is 3. The molecule has 5 heteroatoms. The van der Waals surface area contributed by atoms with Gasteiger partial charge in [-0.3, -0.25) is 4.79 Å². The standard InChI is InChI=1S/C17H26N2O2.ClH/c1-18-11-5-10-17(20)19-12-6-8-15(19)13-14-7-3-4-9-16(14)21-2;/h3-4,7,9,15,18H,5-6,8,10-13H2,1-2H3;1H. The van der Waals surface area contributed by atoms with E-state index in [1.807, 2.05) is 25.2 Å². The van der Waals surface area contributed by atoms with Gasteiger partial charge in [-0.1, -0.05) is 18.2 Å². The molecule has 1 unspecified atom stereocenters. The number of nitrogens with zero attached hydrogens (tertiary/aromatic N) is 1. The van der Waals surface area contributed by atoms with Gasteiger partial charge in [0.1, 0.15) is 5.75 Å².